The van der Waals surface area contributed by atoms with E-state index in [1.165, 1.54) is 12.1 Å². The Labute approximate surface area is 134 Å². The first-order valence-corrected chi connectivity index (χ1v) is 7.91. The van der Waals surface area contributed by atoms with Crippen LogP contribution >= 0.6 is 0 Å². The van der Waals surface area contributed by atoms with Crippen molar-refractivity contribution in [3.8, 4) is 5.75 Å². The Morgan fingerprint density at radius 3 is 2.74 bits per heavy atom. The van der Waals surface area contributed by atoms with Crippen molar-refractivity contribution in [1.29, 1.82) is 0 Å². The summed E-state index contributed by atoms with van der Waals surface area (Å²) in [6.07, 6.45) is 3.56. The summed E-state index contributed by atoms with van der Waals surface area (Å²) in [4.78, 5) is 12.0. The molecule has 128 valence electrons. The van der Waals surface area contributed by atoms with E-state index in [0.29, 0.717) is 19.0 Å². The van der Waals surface area contributed by atoms with Gasteiger partial charge in [0, 0.05) is 12.6 Å². The van der Waals surface area contributed by atoms with Crippen molar-refractivity contribution in [3.63, 3.8) is 0 Å². The van der Waals surface area contributed by atoms with E-state index in [-0.39, 0.29) is 17.7 Å². The molecule has 2 unspecified atom stereocenters. The number of amides is 1. The maximum absolute atomic E-state index is 12.1. The number of hydrogen-bond acceptors (Lipinski definition) is 4. The van der Waals surface area contributed by atoms with Crippen molar-refractivity contribution in [3.05, 3.63) is 29.8 Å². The number of carbonyl (C=O) groups excluding carboxylic acids is 1. The standard InChI is InChI=1S/C16H23F2N3O2/c1-2-3-12-10-14(21-20-12)15(22)19-9-8-11-4-6-13(7-5-11)23-16(17)18/h4-7,12,14,16,20-21H,2-3,8-10H2,1H3,(H,19,22). The zero-order chi connectivity index (χ0) is 16.7. The minimum absolute atomic E-state index is 0.0197. The van der Waals surface area contributed by atoms with Gasteiger partial charge in [-0.15, -0.1) is 0 Å². The van der Waals surface area contributed by atoms with Crippen LogP contribution in [0.25, 0.3) is 0 Å². The number of hydrazine groups is 1. The number of benzene rings is 1. The number of nitrogens with one attached hydrogen (secondary N) is 3. The molecule has 1 aromatic carbocycles. The third kappa shape index (κ3) is 5.76. The Balaban J connectivity index is 1.69. The normalized spacial score (nSPS) is 20.7. The van der Waals surface area contributed by atoms with Crippen LogP contribution < -0.4 is 20.9 Å². The summed E-state index contributed by atoms with van der Waals surface area (Å²) < 4.78 is 28.4. The molecule has 1 saturated heterocycles. The van der Waals surface area contributed by atoms with Crippen LogP contribution in [-0.4, -0.2) is 31.1 Å². The first-order chi connectivity index (χ1) is 11.1. The fraction of sp³-hybridized carbons (Fsp3) is 0.562. The zero-order valence-electron chi connectivity index (χ0n) is 13.1. The van der Waals surface area contributed by atoms with Crippen LogP contribution in [0.15, 0.2) is 24.3 Å². The van der Waals surface area contributed by atoms with Gasteiger partial charge < -0.3 is 10.1 Å². The van der Waals surface area contributed by atoms with Gasteiger partial charge in [0.15, 0.2) is 0 Å². The van der Waals surface area contributed by atoms with Gasteiger partial charge in [-0.2, -0.15) is 8.78 Å². The lowest BCUT2D eigenvalue weighted by molar-refractivity contribution is -0.122. The maximum Gasteiger partial charge on any atom is 0.387 e. The molecule has 0 radical (unpaired) electrons. The first kappa shape index (κ1) is 17.6. The molecule has 2 atom stereocenters. The average Bonchev–Trinajstić information content (AvgIpc) is 2.97. The highest BCUT2D eigenvalue weighted by atomic mass is 19.3. The van der Waals surface area contributed by atoms with Crippen molar-refractivity contribution in [2.24, 2.45) is 0 Å². The molecule has 0 bridgehead atoms. The molecule has 7 heteroatoms. The van der Waals surface area contributed by atoms with Gasteiger partial charge in [-0.05, 0) is 37.0 Å². The Bertz CT molecular complexity index is 497. The van der Waals surface area contributed by atoms with Gasteiger partial charge >= 0.3 is 6.61 Å². The lowest BCUT2D eigenvalue weighted by Gasteiger charge is -2.11. The number of alkyl halides is 2. The average molecular weight is 327 g/mol. The fourth-order valence-corrected chi connectivity index (χ4v) is 2.62. The highest BCUT2D eigenvalue weighted by Crippen LogP contribution is 2.15. The molecule has 1 aromatic rings. The van der Waals surface area contributed by atoms with Gasteiger partial charge in [0.25, 0.3) is 0 Å². The summed E-state index contributed by atoms with van der Waals surface area (Å²) in [6, 6.07) is 6.58. The Morgan fingerprint density at radius 1 is 1.35 bits per heavy atom. The predicted octanol–water partition coefficient (Wildman–Crippen LogP) is 1.98. The SMILES string of the molecule is CCCC1CC(C(=O)NCCc2ccc(OC(F)F)cc2)NN1. The first-order valence-electron chi connectivity index (χ1n) is 7.91. The summed E-state index contributed by atoms with van der Waals surface area (Å²) in [5.41, 5.74) is 7.10. The van der Waals surface area contributed by atoms with Crippen molar-refractivity contribution < 1.29 is 18.3 Å². The fourth-order valence-electron chi connectivity index (χ4n) is 2.62. The minimum Gasteiger partial charge on any atom is -0.435 e. The summed E-state index contributed by atoms with van der Waals surface area (Å²) in [7, 11) is 0. The molecule has 0 spiro atoms. The van der Waals surface area contributed by atoms with Gasteiger partial charge in [0.2, 0.25) is 5.91 Å². The largest absolute Gasteiger partial charge is 0.435 e. The lowest BCUT2D eigenvalue weighted by Crippen LogP contribution is -2.43. The predicted molar refractivity (Wildman–Crippen MR) is 83.2 cm³/mol. The van der Waals surface area contributed by atoms with E-state index in [2.05, 4.69) is 27.8 Å². The topological polar surface area (TPSA) is 62.4 Å². The molecule has 0 aliphatic carbocycles. The van der Waals surface area contributed by atoms with Gasteiger partial charge in [-0.3, -0.25) is 10.2 Å². The molecule has 1 heterocycles. The molecule has 0 aromatic heterocycles. The second kappa shape index (κ2) is 8.79. The second-order valence-electron chi connectivity index (χ2n) is 5.63. The van der Waals surface area contributed by atoms with Crippen LogP contribution in [0.3, 0.4) is 0 Å². The second-order valence-corrected chi connectivity index (χ2v) is 5.63. The summed E-state index contributed by atoms with van der Waals surface area (Å²) >= 11 is 0. The number of ether oxygens (including phenoxy) is 1. The monoisotopic (exact) mass is 327 g/mol. The maximum atomic E-state index is 12.1. The highest BCUT2D eigenvalue weighted by Gasteiger charge is 2.28. The Kier molecular flexibility index (Phi) is 6.73. The van der Waals surface area contributed by atoms with Crippen LogP contribution in [0.2, 0.25) is 0 Å². The van der Waals surface area contributed by atoms with Crippen LogP contribution in [0.4, 0.5) is 8.78 Å². The van der Waals surface area contributed by atoms with Crippen molar-refractivity contribution in [2.45, 2.75) is 51.3 Å². The van der Waals surface area contributed by atoms with Gasteiger partial charge in [0.05, 0.1) is 0 Å². The van der Waals surface area contributed by atoms with Gasteiger partial charge in [-0.1, -0.05) is 25.5 Å². The molecule has 23 heavy (non-hydrogen) atoms. The van der Waals surface area contributed by atoms with E-state index in [1.54, 1.807) is 12.1 Å². The van der Waals surface area contributed by atoms with E-state index in [9.17, 15) is 13.6 Å². The lowest BCUT2D eigenvalue weighted by atomic mass is 10.1. The van der Waals surface area contributed by atoms with E-state index in [0.717, 1.165) is 24.8 Å². The zero-order valence-corrected chi connectivity index (χ0v) is 13.1. The molecule has 1 aliphatic heterocycles. The van der Waals surface area contributed by atoms with E-state index in [4.69, 9.17) is 0 Å². The molecule has 5 nitrogen and oxygen atoms in total. The summed E-state index contributed by atoms with van der Waals surface area (Å²) in [5, 5.41) is 2.89. The molecule has 1 amide bonds. The quantitative estimate of drug-likeness (QED) is 0.683. The number of carbonyl (C=O) groups is 1. The molecular formula is C16H23F2N3O2. The van der Waals surface area contributed by atoms with Crippen LogP contribution in [0, 0.1) is 0 Å². The summed E-state index contributed by atoms with van der Waals surface area (Å²) in [5.74, 6) is 0.115. The molecule has 1 aliphatic rings. The van der Waals surface area contributed by atoms with Crippen LogP contribution in [0.5, 0.6) is 5.75 Å². The number of halogens is 2. The third-order valence-corrected chi connectivity index (χ3v) is 3.80. The van der Waals surface area contributed by atoms with Gasteiger partial charge in [0.1, 0.15) is 11.8 Å². The summed E-state index contributed by atoms with van der Waals surface area (Å²) in [6.45, 7) is -0.193. The van der Waals surface area contributed by atoms with E-state index >= 15 is 0 Å². The molecule has 3 N–H and O–H groups in total. The van der Waals surface area contributed by atoms with Crippen molar-refractivity contribution >= 4 is 5.91 Å². The Morgan fingerprint density at radius 2 is 2.09 bits per heavy atom. The Hall–Kier alpha value is -1.73. The molecule has 1 fully saturated rings. The smallest absolute Gasteiger partial charge is 0.387 e. The van der Waals surface area contributed by atoms with Gasteiger partial charge in [-0.25, -0.2) is 5.43 Å². The minimum atomic E-state index is -2.82. The van der Waals surface area contributed by atoms with E-state index in [1.807, 2.05) is 0 Å². The van der Waals surface area contributed by atoms with Crippen LogP contribution in [-0.2, 0) is 11.2 Å². The third-order valence-electron chi connectivity index (χ3n) is 3.80. The molecular weight excluding hydrogens is 304 g/mol. The molecule has 0 saturated carbocycles. The number of hydrogen-bond donors (Lipinski definition) is 3. The number of rotatable bonds is 8. The van der Waals surface area contributed by atoms with Crippen LogP contribution in [0.1, 0.15) is 31.7 Å². The highest BCUT2D eigenvalue weighted by molar-refractivity contribution is 5.82. The van der Waals surface area contributed by atoms with E-state index < -0.39 is 6.61 Å². The van der Waals surface area contributed by atoms with Crippen molar-refractivity contribution in [2.75, 3.05) is 6.54 Å². The molecule has 2 rings (SSSR count). The van der Waals surface area contributed by atoms with Crippen molar-refractivity contribution in [1.82, 2.24) is 16.2 Å².